The van der Waals surface area contributed by atoms with Gasteiger partial charge >= 0.3 is 0 Å². The molecule has 0 bridgehead atoms. The molecule has 2 rings (SSSR count). The van der Waals surface area contributed by atoms with Gasteiger partial charge in [-0.05, 0) is 18.4 Å². The summed E-state index contributed by atoms with van der Waals surface area (Å²) in [6.07, 6.45) is 0.748. The maximum absolute atomic E-state index is 6.20. The summed E-state index contributed by atoms with van der Waals surface area (Å²) < 4.78 is 0. The molecule has 3 N–H and O–H groups in total. The number of nitrogens with one attached hydrogen (secondary N) is 1. The van der Waals surface area contributed by atoms with Crippen LogP contribution in [-0.2, 0) is 6.42 Å². The van der Waals surface area contributed by atoms with Crippen molar-refractivity contribution in [1.82, 2.24) is 9.97 Å². The van der Waals surface area contributed by atoms with Gasteiger partial charge in [0.05, 0.1) is 5.69 Å². The zero-order valence-corrected chi connectivity index (χ0v) is 11.3. The number of aryl methyl sites for hydroxylation is 1. The fourth-order valence-electron chi connectivity index (χ4n) is 2.22. The van der Waals surface area contributed by atoms with Crippen molar-refractivity contribution in [2.45, 2.75) is 39.2 Å². The first kappa shape index (κ1) is 12.8. The monoisotopic (exact) mass is 243 g/mol. The molecule has 3 nitrogen and oxygen atoms in total. The van der Waals surface area contributed by atoms with E-state index in [2.05, 4.69) is 42.9 Å². The van der Waals surface area contributed by atoms with Crippen molar-refractivity contribution >= 4 is 0 Å². The van der Waals surface area contributed by atoms with E-state index < -0.39 is 0 Å². The van der Waals surface area contributed by atoms with Gasteiger partial charge < -0.3 is 10.7 Å². The lowest BCUT2D eigenvalue weighted by atomic mass is 10.0. The normalized spacial score (nSPS) is 12.9. The highest BCUT2D eigenvalue weighted by molar-refractivity contribution is 5.21. The van der Waals surface area contributed by atoms with E-state index in [0.29, 0.717) is 5.92 Å². The molecule has 18 heavy (non-hydrogen) atoms. The third-order valence-electron chi connectivity index (χ3n) is 3.16. The minimum Gasteiger partial charge on any atom is -0.346 e. The summed E-state index contributed by atoms with van der Waals surface area (Å²) in [5, 5.41) is 0. The van der Waals surface area contributed by atoms with Gasteiger partial charge in [-0.2, -0.15) is 0 Å². The first-order valence-corrected chi connectivity index (χ1v) is 6.44. The Kier molecular flexibility index (Phi) is 3.82. The van der Waals surface area contributed by atoms with Crippen LogP contribution in [-0.4, -0.2) is 9.97 Å². The molecule has 3 heteroatoms. The van der Waals surface area contributed by atoms with E-state index in [1.165, 1.54) is 0 Å². The van der Waals surface area contributed by atoms with Crippen molar-refractivity contribution in [3.05, 3.63) is 53.1 Å². The molecule has 1 atom stereocenters. The van der Waals surface area contributed by atoms with Crippen molar-refractivity contribution in [2.24, 2.45) is 5.73 Å². The summed E-state index contributed by atoms with van der Waals surface area (Å²) in [6.45, 7) is 6.38. The Hall–Kier alpha value is -1.61. The summed E-state index contributed by atoms with van der Waals surface area (Å²) in [5.74, 6) is 1.43. The molecule has 1 unspecified atom stereocenters. The number of imidazole rings is 1. The van der Waals surface area contributed by atoms with Gasteiger partial charge in [0.1, 0.15) is 5.82 Å². The number of hydrogen-bond donors (Lipinski definition) is 2. The minimum absolute atomic E-state index is 0.00300. The van der Waals surface area contributed by atoms with E-state index in [0.717, 1.165) is 29.2 Å². The van der Waals surface area contributed by atoms with Gasteiger partial charge in [-0.25, -0.2) is 4.98 Å². The highest BCUT2D eigenvalue weighted by Gasteiger charge is 2.13. The number of nitrogens with zero attached hydrogens (tertiary/aromatic N) is 1. The Balaban J connectivity index is 2.12. The predicted molar refractivity (Wildman–Crippen MR) is 74.5 cm³/mol. The summed E-state index contributed by atoms with van der Waals surface area (Å²) in [6, 6.07) is 10.2. The van der Waals surface area contributed by atoms with Gasteiger partial charge in [-0.3, -0.25) is 0 Å². The quantitative estimate of drug-likeness (QED) is 0.867. The van der Waals surface area contributed by atoms with E-state index in [4.69, 9.17) is 5.73 Å². The van der Waals surface area contributed by atoms with Crippen molar-refractivity contribution < 1.29 is 0 Å². The smallest absolute Gasteiger partial charge is 0.108 e. The number of hydrogen-bond acceptors (Lipinski definition) is 2. The molecule has 1 aromatic heterocycles. The van der Waals surface area contributed by atoms with Crippen LogP contribution in [0.2, 0.25) is 0 Å². The third-order valence-corrected chi connectivity index (χ3v) is 3.16. The van der Waals surface area contributed by atoms with E-state index >= 15 is 0 Å². The Labute approximate surface area is 108 Å². The van der Waals surface area contributed by atoms with E-state index in [9.17, 15) is 0 Å². The second-order valence-electron chi connectivity index (χ2n) is 5.07. The molecule has 0 amide bonds. The SMILES string of the molecule is Cc1[nH]c(CC(N)c2ccccc2)nc1C(C)C. The molecule has 0 radical (unpaired) electrons. The van der Waals surface area contributed by atoms with Crippen LogP contribution in [0.4, 0.5) is 0 Å². The van der Waals surface area contributed by atoms with Crippen LogP contribution in [0.25, 0.3) is 0 Å². The van der Waals surface area contributed by atoms with Gasteiger partial charge in [0.15, 0.2) is 0 Å². The van der Waals surface area contributed by atoms with Gasteiger partial charge in [-0.1, -0.05) is 44.2 Å². The summed E-state index contributed by atoms with van der Waals surface area (Å²) in [4.78, 5) is 7.97. The molecule has 0 spiro atoms. The van der Waals surface area contributed by atoms with Crippen LogP contribution in [0.3, 0.4) is 0 Å². The molecule has 0 aliphatic rings. The number of aromatic nitrogens is 2. The van der Waals surface area contributed by atoms with Crippen LogP contribution in [0.1, 0.15) is 48.6 Å². The number of H-pyrrole nitrogens is 1. The van der Waals surface area contributed by atoms with Crippen molar-refractivity contribution in [3.63, 3.8) is 0 Å². The minimum atomic E-state index is -0.00300. The van der Waals surface area contributed by atoms with Crippen molar-refractivity contribution in [3.8, 4) is 0 Å². The Bertz CT molecular complexity index is 500. The van der Waals surface area contributed by atoms with Gasteiger partial charge in [0.25, 0.3) is 0 Å². The highest BCUT2D eigenvalue weighted by atomic mass is 14.9. The average molecular weight is 243 g/mol. The van der Waals surface area contributed by atoms with Crippen molar-refractivity contribution in [1.29, 1.82) is 0 Å². The van der Waals surface area contributed by atoms with Gasteiger partial charge in [0, 0.05) is 18.2 Å². The van der Waals surface area contributed by atoms with Crippen LogP contribution < -0.4 is 5.73 Å². The molecule has 96 valence electrons. The van der Waals surface area contributed by atoms with Crippen LogP contribution in [0.5, 0.6) is 0 Å². The first-order valence-electron chi connectivity index (χ1n) is 6.44. The number of benzene rings is 1. The number of aromatic amines is 1. The largest absolute Gasteiger partial charge is 0.346 e. The average Bonchev–Trinajstić information content (AvgIpc) is 2.71. The fraction of sp³-hybridized carbons (Fsp3) is 0.400. The maximum Gasteiger partial charge on any atom is 0.108 e. The molecule has 0 fully saturated rings. The Morgan fingerprint density at radius 1 is 1.22 bits per heavy atom. The molecule has 1 heterocycles. The third kappa shape index (κ3) is 2.79. The van der Waals surface area contributed by atoms with E-state index in [1.54, 1.807) is 0 Å². The van der Waals surface area contributed by atoms with Crippen LogP contribution >= 0.6 is 0 Å². The van der Waals surface area contributed by atoms with Gasteiger partial charge in [0.2, 0.25) is 0 Å². The number of nitrogens with two attached hydrogens (primary N) is 1. The second-order valence-corrected chi connectivity index (χ2v) is 5.07. The van der Waals surface area contributed by atoms with Crippen LogP contribution in [0.15, 0.2) is 30.3 Å². The highest BCUT2D eigenvalue weighted by Crippen LogP contribution is 2.19. The molecular weight excluding hydrogens is 222 g/mol. The van der Waals surface area contributed by atoms with Crippen molar-refractivity contribution in [2.75, 3.05) is 0 Å². The molecule has 0 aliphatic carbocycles. The molecule has 1 aromatic carbocycles. The predicted octanol–water partition coefficient (Wildman–Crippen LogP) is 3.08. The first-order chi connectivity index (χ1) is 8.58. The zero-order valence-electron chi connectivity index (χ0n) is 11.3. The molecular formula is C15H21N3. The summed E-state index contributed by atoms with van der Waals surface area (Å²) in [5.41, 5.74) is 9.65. The Morgan fingerprint density at radius 2 is 1.89 bits per heavy atom. The summed E-state index contributed by atoms with van der Waals surface area (Å²) in [7, 11) is 0. The lowest BCUT2D eigenvalue weighted by Crippen LogP contribution is -2.14. The molecule has 0 saturated carbocycles. The standard InChI is InChI=1S/C15H21N3/c1-10(2)15-11(3)17-14(18-15)9-13(16)12-7-5-4-6-8-12/h4-8,10,13H,9,16H2,1-3H3,(H,17,18). The van der Waals surface area contributed by atoms with Crippen LogP contribution in [0, 0.1) is 6.92 Å². The number of rotatable bonds is 4. The summed E-state index contributed by atoms with van der Waals surface area (Å²) >= 11 is 0. The second kappa shape index (κ2) is 5.36. The maximum atomic E-state index is 6.20. The lowest BCUT2D eigenvalue weighted by Gasteiger charge is -2.09. The topological polar surface area (TPSA) is 54.7 Å². The van der Waals surface area contributed by atoms with E-state index in [1.807, 2.05) is 18.2 Å². The fourth-order valence-corrected chi connectivity index (χ4v) is 2.22. The molecule has 2 aromatic rings. The van der Waals surface area contributed by atoms with E-state index in [-0.39, 0.29) is 6.04 Å². The lowest BCUT2D eigenvalue weighted by molar-refractivity contribution is 0.690. The van der Waals surface area contributed by atoms with Gasteiger partial charge in [-0.15, -0.1) is 0 Å². The zero-order chi connectivity index (χ0) is 13.1. The molecule has 0 saturated heterocycles. The Morgan fingerprint density at radius 3 is 2.44 bits per heavy atom. The molecule has 0 aliphatic heterocycles.